The lowest BCUT2D eigenvalue weighted by molar-refractivity contribution is -0.329. The average Bonchev–Trinajstić information content (AvgIpc) is 3.01. The Bertz CT molecular complexity index is 1310. The fourth-order valence-electron chi connectivity index (χ4n) is 7.10. The number of ether oxygens (including phenoxy) is 3. The van der Waals surface area contributed by atoms with Crippen molar-refractivity contribution in [3.8, 4) is 0 Å². The van der Waals surface area contributed by atoms with E-state index in [1.54, 1.807) is 26.8 Å². The number of cyclic esters (lactones) is 1. The standard InChI is InChI=1S/C39H60O10/c1-21(2)36-28(9)31(47-33(42)16-15-32(40)41)20-39(46,49-36)30(11)35(44)29(10)37-24(5)14-12-13-22(3)17-25(6)34(43)26(7)18-23(4)19-27(8)38(45)48-37/h12-16,18-19,21,24-26,28-31,34-37,43-44,46H,17,20H2,1-11H3,(H,40,41)/b14-12+,16-15+,22-13+,23-18+,27-19+/t24-,25-,26+,28-,29-,30-,31+,34-,35+,36+,37-,39+/m0/s1. The van der Waals surface area contributed by atoms with E-state index < -0.39 is 66.1 Å². The third-order valence-electron chi connectivity index (χ3n) is 10.1. The first kappa shape index (κ1) is 42.1. The van der Waals surface area contributed by atoms with E-state index in [0.717, 1.165) is 17.2 Å². The Kier molecular flexibility index (Phi) is 15.7. The van der Waals surface area contributed by atoms with Gasteiger partial charge in [0.1, 0.15) is 12.2 Å². The number of hydrogen-bond donors (Lipinski definition) is 4. The fraction of sp³-hybridized carbons (Fsp3) is 0.667. The average molecular weight is 689 g/mol. The predicted molar refractivity (Wildman–Crippen MR) is 188 cm³/mol. The van der Waals surface area contributed by atoms with Crippen LogP contribution in [0.25, 0.3) is 0 Å². The zero-order valence-electron chi connectivity index (χ0n) is 31.1. The molecule has 1 fully saturated rings. The van der Waals surface area contributed by atoms with Crippen LogP contribution in [0.3, 0.4) is 0 Å². The van der Waals surface area contributed by atoms with Gasteiger partial charge in [0.15, 0.2) is 5.79 Å². The van der Waals surface area contributed by atoms with Crippen molar-refractivity contribution in [3.63, 3.8) is 0 Å². The van der Waals surface area contributed by atoms with Gasteiger partial charge in [-0.2, -0.15) is 0 Å². The Morgan fingerprint density at radius 3 is 2.24 bits per heavy atom. The van der Waals surface area contributed by atoms with Crippen molar-refractivity contribution in [1.82, 2.24) is 0 Å². The number of allylic oxidation sites excluding steroid dienone is 5. The zero-order valence-corrected chi connectivity index (χ0v) is 31.1. The third kappa shape index (κ3) is 11.8. The van der Waals surface area contributed by atoms with Crippen molar-refractivity contribution in [2.75, 3.05) is 0 Å². The number of aliphatic carboxylic acids is 1. The second kappa shape index (κ2) is 18.3. The summed E-state index contributed by atoms with van der Waals surface area (Å²) in [6, 6.07) is 0. The van der Waals surface area contributed by atoms with Gasteiger partial charge in [0.2, 0.25) is 0 Å². The molecular formula is C39H60O10. The molecule has 49 heavy (non-hydrogen) atoms. The molecule has 2 rings (SSSR count). The van der Waals surface area contributed by atoms with E-state index in [0.29, 0.717) is 18.1 Å². The van der Waals surface area contributed by atoms with E-state index in [1.807, 2.05) is 79.7 Å². The lowest BCUT2D eigenvalue weighted by atomic mass is 9.75. The number of rotatable bonds is 8. The van der Waals surface area contributed by atoms with Crippen molar-refractivity contribution >= 4 is 17.9 Å². The van der Waals surface area contributed by atoms with Crippen LogP contribution in [-0.4, -0.2) is 74.6 Å². The molecule has 2 heterocycles. The highest BCUT2D eigenvalue weighted by Crippen LogP contribution is 2.42. The minimum Gasteiger partial charge on any atom is -0.478 e. The van der Waals surface area contributed by atoms with E-state index in [2.05, 4.69) is 0 Å². The third-order valence-corrected chi connectivity index (χ3v) is 10.1. The van der Waals surface area contributed by atoms with E-state index in [-0.39, 0.29) is 36.0 Å². The molecule has 2 aliphatic heterocycles. The normalized spacial score (nSPS) is 38.2. The molecule has 10 heteroatoms. The second-order valence-electron chi connectivity index (χ2n) is 14.9. The number of carboxylic acids is 1. The van der Waals surface area contributed by atoms with Gasteiger partial charge in [-0.05, 0) is 45.1 Å². The van der Waals surface area contributed by atoms with Gasteiger partial charge in [0.05, 0.1) is 18.3 Å². The van der Waals surface area contributed by atoms with Gasteiger partial charge in [-0.15, -0.1) is 0 Å². The molecule has 2 aliphatic rings. The molecule has 4 N–H and O–H groups in total. The minimum absolute atomic E-state index is 0.0175. The highest BCUT2D eigenvalue weighted by molar-refractivity contribution is 5.90. The first-order chi connectivity index (χ1) is 22.7. The van der Waals surface area contributed by atoms with E-state index in [1.165, 1.54) is 0 Å². The molecule has 0 bridgehead atoms. The molecule has 0 spiro atoms. The van der Waals surface area contributed by atoms with Crippen LogP contribution in [-0.2, 0) is 28.6 Å². The summed E-state index contributed by atoms with van der Waals surface area (Å²) in [5.74, 6) is -7.09. The maximum Gasteiger partial charge on any atom is 0.334 e. The molecule has 12 atom stereocenters. The monoisotopic (exact) mass is 688 g/mol. The SMILES string of the molecule is CC1=C\[C@@H](C)[C@@H](O)[C@@H](C)C/C(C)=C/C=C/[C@H](C)[C@@H]([C@@H](C)[C@@H](O)[C@H](C)[C@@]2(O)C[C@@H](OC(=O)/C=C/C(=O)O)[C@H](C)[C@@H](C(C)C)O2)OC(=O)\C(C)=C\1. The van der Waals surface area contributed by atoms with Crippen molar-refractivity contribution in [3.05, 3.63) is 59.3 Å². The number of carboxylic acid groups (broad SMARTS) is 1. The Hall–Kier alpha value is -3.05. The van der Waals surface area contributed by atoms with Crippen LogP contribution in [0.4, 0.5) is 0 Å². The summed E-state index contributed by atoms with van der Waals surface area (Å²) in [5, 5.41) is 43.6. The van der Waals surface area contributed by atoms with Crippen LogP contribution in [0.1, 0.15) is 89.0 Å². The van der Waals surface area contributed by atoms with Crippen LogP contribution in [0.15, 0.2) is 59.3 Å². The smallest absolute Gasteiger partial charge is 0.334 e. The number of carbonyl (C=O) groups is 3. The molecular weight excluding hydrogens is 628 g/mol. The molecule has 276 valence electrons. The highest BCUT2D eigenvalue weighted by Gasteiger charge is 2.52. The molecule has 1 saturated heterocycles. The number of esters is 2. The summed E-state index contributed by atoms with van der Waals surface area (Å²) in [4.78, 5) is 36.8. The molecule has 0 saturated carbocycles. The van der Waals surface area contributed by atoms with Gasteiger partial charge in [-0.3, -0.25) is 0 Å². The molecule has 0 aromatic carbocycles. The largest absolute Gasteiger partial charge is 0.478 e. The zero-order chi connectivity index (χ0) is 37.4. The summed E-state index contributed by atoms with van der Waals surface area (Å²) >= 11 is 0. The van der Waals surface area contributed by atoms with Gasteiger partial charge >= 0.3 is 17.9 Å². The van der Waals surface area contributed by atoms with Crippen molar-refractivity contribution in [2.24, 2.45) is 41.4 Å². The molecule has 10 nitrogen and oxygen atoms in total. The topological polar surface area (TPSA) is 160 Å². The molecule has 0 aromatic rings. The van der Waals surface area contributed by atoms with Crippen LogP contribution in [0, 0.1) is 41.4 Å². The molecule has 0 amide bonds. The lowest BCUT2D eigenvalue weighted by Crippen LogP contribution is -2.59. The number of aliphatic hydroxyl groups is 3. The lowest BCUT2D eigenvalue weighted by Gasteiger charge is -2.50. The van der Waals surface area contributed by atoms with Gasteiger partial charge in [0, 0.05) is 53.7 Å². The Labute approximate surface area is 292 Å². The first-order valence-corrected chi connectivity index (χ1v) is 17.5. The maximum absolute atomic E-state index is 13.5. The van der Waals surface area contributed by atoms with Crippen LogP contribution in [0.2, 0.25) is 0 Å². The van der Waals surface area contributed by atoms with Crippen molar-refractivity contribution in [1.29, 1.82) is 0 Å². The van der Waals surface area contributed by atoms with Gasteiger partial charge in [-0.1, -0.05) is 90.8 Å². The number of hydrogen-bond acceptors (Lipinski definition) is 9. The Morgan fingerprint density at radius 2 is 1.65 bits per heavy atom. The first-order valence-electron chi connectivity index (χ1n) is 17.5. The summed E-state index contributed by atoms with van der Waals surface area (Å²) in [7, 11) is 0. The summed E-state index contributed by atoms with van der Waals surface area (Å²) in [6.07, 6.45) is 7.59. The fourth-order valence-corrected chi connectivity index (χ4v) is 7.10. The van der Waals surface area contributed by atoms with Crippen LogP contribution >= 0.6 is 0 Å². The quantitative estimate of drug-likeness (QED) is 0.178. The van der Waals surface area contributed by atoms with E-state index >= 15 is 0 Å². The Morgan fingerprint density at radius 1 is 1.02 bits per heavy atom. The summed E-state index contributed by atoms with van der Waals surface area (Å²) < 4.78 is 18.0. The molecule has 0 aromatic heterocycles. The molecule has 0 radical (unpaired) electrons. The van der Waals surface area contributed by atoms with Crippen LogP contribution < -0.4 is 0 Å². The molecule has 0 aliphatic carbocycles. The summed E-state index contributed by atoms with van der Waals surface area (Å²) in [5.41, 5.74) is 2.27. The van der Waals surface area contributed by atoms with Gasteiger partial charge in [0.25, 0.3) is 0 Å². The number of carbonyl (C=O) groups excluding carboxylic acids is 2. The second-order valence-corrected chi connectivity index (χ2v) is 14.9. The Balaban J connectivity index is 2.47. The van der Waals surface area contributed by atoms with Crippen molar-refractivity contribution < 1.29 is 49.0 Å². The van der Waals surface area contributed by atoms with Gasteiger partial charge in [-0.25, -0.2) is 14.4 Å². The predicted octanol–water partition coefficient (Wildman–Crippen LogP) is 5.92. The minimum atomic E-state index is -1.92. The van der Waals surface area contributed by atoms with Crippen molar-refractivity contribution in [2.45, 2.75) is 125 Å². The van der Waals surface area contributed by atoms with E-state index in [4.69, 9.17) is 19.3 Å². The van der Waals surface area contributed by atoms with Gasteiger partial charge < -0.3 is 34.6 Å². The molecule has 0 unspecified atom stereocenters. The summed E-state index contributed by atoms with van der Waals surface area (Å²) in [6.45, 7) is 20.5. The van der Waals surface area contributed by atoms with Crippen LogP contribution in [0.5, 0.6) is 0 Å². The number of aliphatic hydroxyl groups excluding tert-OH is 2. The maximum atomic E-state index is 13.5. The highest BCUT2D eigenvalue weighted by atomic mass is 16.6. The van der Waals surface area contributed by atoms with E-state index in [9.17, 15) is 29.7 Å².